The largest absolute Gasteiger partial charge is 0.477 e. The average molecular weight is 428 g/mol. The summed E-state index contributed by atoms with van der Waals surface area (Å²) in [4.78, 5) is 35.1. The molecule has 0 aliphatic carbocycles. The molecule has 0 aliphatic heterocycles. The molecule has 0 bridgehead atoms. The van der Waals surface area contributed by atoms with Gasteiger partial charge in [0.15, 0.2) is 12.7 Å². The van der Waals surface area contributed by atoms with Gasteiger partial charge in [0.05, 0.1) is 10.6 Å². The van der Waals surface area contributed by atoms with Crippen LogP contribution in [-0.4, -0.2) is 30.4 Å². The zero-order valence-corrected chi connectivity index (χ0v) is 16.4. The van der Waals surface area contributed by atoms with Crippen LogP contribution in [0.1, 0.15) is 24.2 Å². The van der Waals surface area contributed by atoms with E-state index in [4.69, 9.17) is 32.7 Å². The SMILES string of the molecule is CC(=O)Nc1ccc(C(=O)COC(=O)C(C)Oc2ccc(Cl)cc2Cl)c(F)c1. The smallest absolute Gasteiger partial charge is 0.347 e. The zero-order chi connectivity index (χ0) is 20.8. The van der Waals surface area contributed by atoms with Gasteiger partial charge in [0.25, 0.3) is 0 Å². The molecule has 0 fully saturated rings. The van der Waals surface area contributed by atoms with Gasteiger partial charge in [-0.25, -0.2) is 9.18 Å². The van der Waals surface area contributed by atoms with E-state index in [-0.39, 0.29) is 27.9 Å². The van der Waals surface area contributed by atoms with Crippen LogP contribution < -0.4 is 10.1 Å². The van der Waals surface area contributed by atoms with E-state index < -0.39 is 30.3 Å². The number of carbonyl (C=O) groups is 3. The maximum absolute atomic E-state index is 14.0. The standard InChI is InChI=1S/C19H16Cl2FNO5/c1-10(28-18-6-3-12(20)7-15(18)21)19(26)27-9-17(25)14-5-4-13(8-16(14)22)23-11(2)24/h3-8,10H,9H2,1-2H3,(H,23,24). The summed E-state index contributed by atoms with van der Waals surface area (Å²) < 4.78 is 24.3. The predicted molar refractivity (Wildman–Crippen MR) is 103 cm³/mol. The Morgan fingerprint density at radius 3 is 2.46 bits per heavy atom. The van der Waals surface area contributed by atoms with Gasteiger partial charge in [0.1, 0.15) is 11.6 Å². The van der Waals surface area contributed by atoms with Gasteiger partial charge < -0.3 is 14.8 Å². The Morgan fingerprint density at radius 1 is 1.14 bits per heavy atom. The number of carbonyl (C=O) groups excluding carboxylic acids is 3. The third kappa shape index (κ3) is 5.94. The molecule has 2 aromatic rings. The fourth-order valence-corrected chi connectivity index (χ4v) is 2.62. The number of rotatable bonds is 7. The maximum atomic E-state index is 14.0. The monoisotopic (exact) mass is 427 g/mol. The molecule has 1 amide bonds. The first kappa shape index (κ1) is 21.7. The minimum atomic E-state index is -1.06. The van der Waals surface area contributed by atoms with Crippen LogP contribution in [0.3, 0.4) is 0 Å². The molecule has 0 aromatic heterocycles. The Hall–Kier alpha value is -2.64. The Kier molecular flexibility index (Phi) is 7.37. The average Bonchev–Trinajstić information content (AvgIpc) is 2.61. The van der Waals surface area contributed by atoms with Crippen molar-refractivity contribution in [1.29, 1.82) is 0 Å². The molecule has 2 rings (SSSR count). The summed E-state index contributed by atoms with van der Waals surface area (Å²) in [5.74, 6) is -2.56. The van der Waals surface area contributed by atoms with Gasteiger partial charge in [-0.3, -0.25) is 9.59 Å². The number of hydrogen-bond acceptors (Lipinski definition) is 5. The lowest BCUT2D eigenvalue weighted by Crippen LogP contribution is -2.28. The van der Waals surface area contributed by atoms with E-state index in [2.05, 4.69) is 5.32 Å². The molecule has 0 saturated heterocycles. The summed E-state index contributed by atoms with van der Waals surface area (Å²) >= 11 is 11.7. The van der Waals surface area contributed by atoms with Gasteiger partial charge in [-0.1, -0.05) is 23.2 Å². The molecule has 6 nitrogen and oxygen atoms in total. The number of anilines is 1. The second-order valence-electron chi connectivity index (χ2n) is 5.74. The van der Waals surface area contributed by atoms with E-state index >= 15 is 0 Å². The van der Waals surface area contributed by atoms with Crippen molar-refractivity contribution in [2.75, 3.05) is 11.9 Å². The van der Waals surface area contributed by atoms with Crippen LogP contribution in [-0.2, 0) is 14.3 Å². The van der Waals surface area contributed by atoms with Crippen molar-refractivity contribution in [1.82, 2.24) is 0 Å². The Morgan fingerprint density at radius 2 is 1.86 bits per heavy atom. The summed E-state index contributed by atoms with van der Waals surface area (Å²) in [5.41, 5.74) is -0.0587. The lowest BCUT2D eigenvalue weighted by Gasteiger charge is -2.15. The van der Waals surface area contributed by atoms with Crippen LogP contribution in [0.25, 0.3) is 0 Å². The highest BCUT2D eigenvalue weighted by Gasteiger charge is 2.21. The second-order valence-corrected chi connectivity index (χ2v) is 6.59. The fourth-order valence-electron chi connectivity index (χ4n) is 2.16. The topological polar surface area (TPSA) is 81.7 Å². The quantitative estimate of drug-likeness (QED) is 0.526. The van der Waals surface area contributed by atoms with Crippen LogP contribution >= 0.6 is 23.2 Å². The molecule has 2 aromatic carbocycles. The highest BCUT2D eigenvalue weighted by atomic mass is 35.5. The van der Waals surface area contributed by atoms with Crippen molar-refractivity contribution < 1.29 is 28.2 Å². The summed E-state index contributed by atoms with van der Waals surface area (Å²) in [6.45, 7) is 2.02. The highest BCUT2D eigenvalue weighted by Crippen LogP contribution is 2.28. The molecular weight excluding hydrogens is 412 g/mol. The number of hydrogen-bond donors (Lipinski definition) is 1. The maximum Gasteiger partial charge on any atom is 0.347 e. The predicted octanol–water partition coefficient (Wildman–Crippen LogP) is 4.28. The first-order valence-electron chi connectivity index (χ1n) is 8.06. The number of amides is 1. The van der Waals surface area contributed by atoms with Gasteiger partial charge in [0, 0.05) is 17.6 Å². The summed E-state index contributed by atoms with van der Waals surface area (Å²) in [6.07, 6.45) is -1.06. The van der Waals surface area contributed by atoms with Gasteiger partial charge in [0.2, 0.25) is 11.7 Å². The third-order valence-corrected chi connectivity index (χ3v) is 4.00. The molecule has 28 heavy (non-hydrogen) atoms. The minimum absolute atomic E-state index is 0.209. The number of halogens is 3. The van der Waals surface area contributed by atoms with Crippen LogP contribution in [0.15, 0.2) is 36.4 Å². The van der Waals surface area contributed by atoms with E-state index in [0.717, 1.165) is 6.07 Å². The van der Waals surface area contributed by atoms with Crippen LogP contribution in [0.5, 0.6) is 5.75 Å². The normalized spacial score (nSPS) is 11.5. The molecule has 0 aliphatic rings. The van der Waals surface area contributed by atoms with Gasteiger partial charge in [-0.05, 0) is 43.3 Å². The van der Waals surface area contributed by atoms with Crippen molar-refractivity contribution >= 4 is 46.5 Å². The number of Topliss-reactive ketones (excluding diaryl/α,β-unsaturated/α-hetero) is 1. The highest BCUT2D eigenvalue weighted by molar-refractivity contribution is 6.35. The molecule has 0 radical (unpaired) electrons. The molecular formula is C19H16Cl2FNO5. The van der Waals surface area contributed by atoms with Crippen molar-refractivity contribution in [3.8, 4) is 5.75 Å². The van der Waals surface area contributed by atoms with Gasteiger partial charge in [-0.15, -0.1) is 0 Å². The fraction of sp³-hybridized carbons (Fsp3) is 0.211. The number of nitrogens with one attached hydrogen (secondary N) is 1. The first-order chi connectivity index (χ1) is 13.2. The third-order valence-electron chi connectivity index (χ3n) is 3.46. The van der Waals surface area contributed by atoms with Crippen molar-refractivity contribution in [3.63, 3.8) is 0 Å². The molecule has 9 heteroatoms. The molecule has 0 spiro atoms. The van der Waals surface area contributed by atoms with E-state index in [1.54, 1.807) is 0 Å². The Bertz CT molecular complexity index is 919. The number of benzene rings is 2. The molecule has 148 valence electrons. The second kappa shape index (κ2) is 9.52. The van der Waals surface area contributed by atoms with Crippen molar-refractivity contribution in [2.45, 2.75) is 20.0 Å². The molecule has 1 unspecified atom stereocenters. The van der Waals surface area contributed by atoms with Crippen molar-refractivity contribution in [3.05, 3.63) is 57.8 Å². The summed E-state index contributed by atoms with van der Waals surface area (Å²) in [5, 5.41) is 3.02. The lowest BCUT2D eigenvalue weighted by molar-refractivity contribution is -0.149. The first-order valence-corrected chi connectivity index (χ1v) is 8.81. The Labute approximate surface area is 170 Å². The molecule has 0 saturated carbocycles. The number of ketones is 1. The van der Waals surface area contributed by atoms with Gasteiger partial charge in [-0.2, -0.15) is 0 Å². The molecule has 0 heterocycles. The van der Waals surface area contributed by atoms with Crippen LogP contribution in [0.4, 0.5) is 10.1 Å². The lowest BCUT2D eigenvalue weighted by atomic mass is 10.1. The summed E-state index contributed by atoms with van der Waals surface area (Å²) in [6, 6.07) is 8.06. The van der Waals surface area contributed by atoms with Crippen molar-refractivity contribution in [2.24, 2.45) is 0 Å². The van der Waals surface area contributed by atoms with Gasteiger partial charge >= 0.3 is 5.97 Å². The van der Waals surface area contributed by atoms with Crippen LogP contribution in [0, 0.1) is 5.82 Å². The van der Waals surface area contributed by atoms with E-state index in [0.29, 0.717) is 5.02 Å². The van der Waals surface area contributed by atoms with E-state index in [1.165, 1.54) is 44.2 Å². The molecule has 1 atom stereocenters. The van der Waals surface area contributed by atoms with Crippen LogP contribution in [0.2, 0.25) is 10.0 Å². The van der Waals surface area contributed by atoms with E-state index in [1.807, 2.05) is 0 Å². The minimum Gasteiger partial charge on any atom is -0.477 e. The summed E-state index contributed by atoms with van der Waals surface area (Å²) in [7, 11) is 0. The van der Waals surface area contributed by atoms with E-state index in [9.17, 15) is 18.8 Å². The zero-order valence-electron chi connectivity index (χ0n) is 14.9. The molecule has 1 N–H and O–H groups in total. The Balaban J connectivity index is 1.94. The number of ether oxygens (including phenoxy) is 2. The number of esters is 1.